The van der Waals surface area contributed by atoms with E-state index in [0.717, 1.165) is 33.3 Å². The normalized spacial score (nSPS) is 13.0. The van der Waals surface area contributed by atoms with Crippen LogP contribution in [0.5, 0.6) is 0 Å². The third-order valence-electron chi connectivity index (χ3n) is 5.37. The lowest BCUT2D eigenvalue weighted by atomic mass is 9.70. The largest absolute Gasteiger partial charge is 0.469 e. The van der Waals surface area contributed by atoms with Crippen molar-refractivity contribution < 1.29 is 9.53 Å². The maximum absolute atomic E-state index is 12.7. The van der Waals surface area contributed by atoms with E-state index in [1.165, 1.54) is 7.11 Å². The van der Waals surface area contributed by atoms with Crippen LogP contribution in [0.3, 0.4) is 0 Å². The molecule has 0 saturated heterocycles. The molecular formula is C21H23Cl2N3O2. The third-order valence-corrected chi connectivity index (χ3v) is 6.03. The summed E-state index contributed by atoms with van der Waals surface area (Å²) in [5, 5.41) is 9.03. The second kappa shape index (κ2) is 7.72. The van der Waals surface area contributed by atoms with E-state index in [-0.39, 0.29) is 11.9 Å². The standard InChI is InChI=1S/C21H23Cl2N3O2/c1-12-15(7-9-17-19(12)24-25-26(17)4)18(21(2,3)20(27)28-5)13-6-8-16(23)14(10-13)11-22/h6-10,18H,11H2,1-5H3/t18-/m0/s1. The van der Waals surface area contributed by atoms with Gasteiger partial charge in [0.1, 0.15) is 5.52 Å². The highest BCUT2D eigenvalue weighted by molar-refractivity contribution is 6.32. The minimum Gasteiger partial charge on any atom is -0.469 e. The van der Waals surface area contributed by atoms with Crippen LogP contribution in [0.4, 0.5) is 0 Å². The predicted octanol–water partition coefficient (Wildman–Crippen LogP) is 5.00. The number of alkyl halides is 1. The molecule has 28 heavy (non-hydrogen) atoms. The van der Waals surface area contributed by atoms with Crippen molar-refractivity contribution in [2.45, 2.75) is 32.6 Å². The molecule has 3 aromatic rings. The number of methoxy groups -OCH3 is 1. The van der Waals surface area contributed by atoms with E-state index in [1.807, 2.05) is 58.2 Å². The summed E-state index contributed by atoms with van der Waals surface area (Å²) in [4.78, 5) is 12.7. The van der Waals surface area contributed by atoms with E-state index in [1.54, 1.807) is 4.68 Å². The van der Waals surface area contributed by atoms with Gasteiger partial charge in [-0.1, -0.05) is 35.0 Å². The van der Waals surface area contributed by atoms with Crippen LogP contribution < -0.4 is 0 Å². The maximum atomic E-state index is 12.7. The smallest absolute Gasteiger partial charge is 0.312 e. The topological polar surface area (TPSA) is 57.0 Å². The summed E-state index contributed by atoms with van der Waals surface area (Å²) in [7, 11) is 3.27. The van der Waals surface area contributed by atoms with Crippen molar-refractivity contribution in [3.8, 4) is 0 Å². The number of benzene rings is 2. The summed E-state index contributed by atoms with van der Waals surface area (Å²) < 4.78 is 6.86. The Hall–Kier alpha value is -2.11. The Morgan fingerprint density at radius 1 is 1.29 bits per heavy atom. The Morgan fingerprint density at radius 2 is 2.00 bits per heavy atom. The molecule has 0 aliphatic heterocycles. The van der Waals surface area contributed by atoms with Gasteiger partial charge in [-0.15, -0.1) is 16.7 Å². The minimum atomic E-state index is -0.827. The number of ether oxygens (including phenoxy) is 1. The number of nitrogens with zero attached hydrogens (tertiary/aromatic N) is 3. The number of rotatable bonds is 5. The van der Waals surface area contributed by atoms with Crippen LogP contribution >= 0.6 is 23.2 Å². The fourth-order valence-corrected chi connectivity index (χ4v) is 4.28. The lowest BCUT2D eigenvalue weighted by Crippen LogP contribution is -2.34. The number of aryl methyl sites for hydroxylation is 2. The molecule has 0 bridgehead atoms. The molecule has 7 heteroatoms. The van der Waals surface area contributed by atoms with Crippen molar-refractivity contribution in [3.63, 3.8) is 0 Å². The highest BCUT2D eigenvalue weighted by Crippen LogP contribution is 2.44. The van der Waals surface area contributed by atoms with E-state index in [9.17, 15) is 4.79 Å². The molecule has 3 rings (SSSR count). The number of carbonyl (C=O) groups is 1. The predicted molar refractivity (Wildman–Crippen MR) is 112 cm³/mol. The van der Waals surface area contributed by atoms with Crippen LogP contribution in [0.25, 0.3) is 11.0 Å². The first-order valence-electron chi connectivity index (χ1n) is 8.94. The summed E-state index contributed by atoms with van der Waals surface area (Å²) >= 11 is 12.3. The Labute approximate surface area is 174 Å². The fraction of sp³-hybridized carbons (Fsp3) is 0.381. The molecule has 0 fully saturated rings. The average molecular weight is 420 g/mol. The monoisotopic (exact) mass is 419 g/mol. The first-order valence-corrected chi connectivity index (χ1v) is 9.85. The molecule has 0 spiro atoms. The van der Waals surface area contributed by atoms with E-state index in [4.69, 9.17) is 27.9 Å². The molecule has 0 aliphatic rings. The quantitative estimate of drug-likeness (QED) is 0.431. The van der Waals surface area contributed by atoms with Crippen LogP contribution in [0.2, 0.25) is 5.02 Å². The van der Waals surface area contributed by atoms with Gasteiger partial charge in [-0.05, 0) is 55.2 Å². The van der Waals surface area contributed by atoms with E-state index in [0.29, 0.717) is 10.9 Å². The zero-order valence-corrected chi connectivity index (χ0v) is 18.1. The SMILES string of the molecule is COC(=O)C(C)(C)[C@@H](c1ccc(Cl)c(CCl)c1)c1ccc2c(nnn2C)c1C. The zero-order valence-electron chi connectivity index (χ0n) is 16.6. The highest BCUT2D eigenvalue weighted by atomic mass is 35.5. The molecule has 5 nitrogen and oxygen atoms in total. The highest BCUT2D eigenvalue weighted by Gasteiger charge is 2.41. The number of hydrogen-bond donors (Lipinski definition) is 0. The van der Waals surface area contributed by atoms with Crippen LogP contribution in [-0.2, 0) is 22.5 Å². The van der Waals surface area contributed by atoms with Gasteiger partial charge in [0.2, 0.25) is 0 Å². The molecule has 0 unspecified atom stereocenters. The first kappa shape index (κ1) is 20.6. The zero-order chi connectivity index (χ0) is 20.6. The molecule has 0 amide bonds. The van der Waals surface area contributed by atoms with Gasteiger partial charge in [0.15, 0.2) is 0 Å². The molecule has 0 radical (unpaired) electrons. The van der Waals surface area contributed by atoms with Crippen LogP contribution in [-0.4, -0.2) is 28.1 Å². The number of carbonyl (C=O) groups excluding carboxylic acids is 1. The van der Waals surface area contributed by atoms with Gasteiger partial charge in [-0.25, -0.2) is 4.68 Å². The maximum Gasteiger partial charge on any atom is 0.312 e. The number of hydrogen-bond acceptors (Lipinski definition) is 4. The van der Waals surface area contributed by atoms with Gasteiger partial charge in [0, 0.05) is 23.9 Å². The lowest BCUT2D eigenvalue weighted by Gasteiger charge is -2.34. The van der Waals surface area contributed by atoms with Crippen molar-refractivity contribution in [2.75, 3.05) is 7.11 Å². The summed E-state index contributed by atoms with van der Waals surface area (Å²) in [6.07, 6.45) is 0. The average Bonchev–Trinajstić information content (AvgIpc) is 3.05. The minimum absolute atomic E-state index is 0.273. The second-order valence-corrected chi connectivity index (χ2v) is 8.17. The van der Waals surface area contributed by atoms with E-state index >= 15 is 0 Å². The van der Waals surface area contributed by atoms with E-state index in [2.05, 4.69) is 10.3 Å². The van der Waals surface area contributed by atoms with Gasteiger partial charge in [0.05, 0.1) is 18.0 Å². The molecule has 148 valence electrons. The summed E-state index contributed by atoms with van der Waals surface area (Å²) in [6.45, 7) is 5.78. The van der Waals surface area contributed by atoms with Crippen molar-refractivity contribution >= 4 is 40.2 Å². The summed E-state index contributed by atoms with van der Waals surface area (Å²) in [5.41, 5.74) is 4.67. The Balaban J connectivity index is 2.28. The molecule has 1 aromatic heterocycles. The number of halogens is 2. The Morgan fingerprint density at radius 3 is 2.64 bits per heavy atom. The number of esters is 1. The molecule has 2 aromatic carbocycles. The first-order chi connectivity index (χ1) is 13.2. The van der Waals surface area contributed by atoms with Gasteiger partial charge < -0.3 is 4.74 Å². The van der Waals surface area contributed by atoms with Crippen LogP contribution in [0.15, 0.2) is 30.3 Å². The number of fused-ring (bicyclic) bond motifs is 1. The Kier molecular flexibility index (Phi) is 5.69. The summed E-state index contributed by atoms with van der Waals surface area (Å²) in [5.74, 6) is -0.274. The molecular weight excluding hydrogens is 397 g/mol. The van der Waals surface area contributed by atoms with Crippen LogP contribution in [0, 0.1) is 12.3 Å². The van der Waals surface area contributed by atoms with Crippen molar-refractivity contribution in [1.82, 2.24) is 15.0 Å². The second-order valence-electron chi connectivity index (χ2n) is 7.49. The number of aromatic nitrogens is 3. The van der Waals surface area contributed by atoms with Crippen molar-refractivity contribution in [1.29, 1.82) is 0 Å². The van der Waals surface area contributed by atoms with Crippen molar-refractivity contribution in [2.24, 2.45) is 12.5 Å². The third kappa shape index (κ3) is 3.38. The lowest BCUT2D eigenvalue weighted by molar-refractivity contribution is -0.151. The molecule has 0 saturated carbocycles. The Bertz CT molecular complexity index is 1040. The van der Waals surface area contributed by atoms with Crippen molar-refractivity contribution in [3.05, 3.63) is 57.6 Å². The van der Waals surface area contributed by atoms with E-state index < -0.39 is 5.41 Å². The van der Waals surface area contributed by atoms with Gasteiger partial charge in [-0.3, -0.25) is 4.79 Å². The van der Waals surface area contributed by atoms with Gasteiger partial charge in [0.25, 0.3) is 0 Å². The molecule has 0 N–H and O–H groups in total. The van der Waals surface area contributed by atoms with Crippen LogP contribution in [0.1, 0.15) is 42.0 Å². The molecule has 0 aliphatic carbocycles. The molecule has 1 atom stereocenters. The fourth-order valence-electron chi connectivity index (χ4n) is 3.80. The molecule has 1 heterocycles. The summed E-state index contributed by atoms with van der Waals surface area (Å²) in [6, 6.07) is 9.74. The van der Waals surface area contributed by atoms with Gasteiger partial charge >= 0.3 is 5.97 Å². The van der Waals surface area contributed by atoms with Gasteiger partial charge in [-0.2, -0.15) is 0 Å².